The number of hydrogen-bond donors (Lipinski definition) is 2. The Morgan fingerprint density at radius 3 is 2.44 bits per heavy atom. The zero-order chi connectivity index (χ0) is 26.2. The van der Waals surface area contributed by atoms with E-state index in [-0.39, 0.29) is 6.61 Å². The summed E-state index contributed by atoms with van der Waals surface area (Å²) in [6.07, 6.45) is 1.39. The van der Waals surface area contributed by atoms with Gasteiger partial charge in [0.1, 0.15) is 6.61 Å². The van der Waals surface area contributed by atoms with E-state index in [2.05, 4.69) is 31.8 Å². The van der Waals surface area contributed by atoms with Crippen molar-refractivity contribution in [3.05, 3.63) is 85.3 Å². The first-order valence-electron chi connectivity index (χ1n) is 10.9. The Bertz CT molecular complexity index is 1290. The molecule has 0 heterocycles. The molecule has 0 aliphatic rings. The third-order valence-corrected chi connectivity index (χ3v) is 6.28. The van der Waals surface area contributed by atoms with Crippen LogP contribution in [0.5, 0.6) is 11.5 Å². The molecule has 0 aliphatic carbocycles. The molecule has 0 fully saturated rings. The molecule has 0 bridgehead atoms. The zero-order valence-electron chi connectivity index (χ0n) is 19.8. The molecule has 0 atom stereocenters. The number of aryl methyl sites for hydroxylation is 2. The first-order valence-corrected chi connectivity index (χ1v) is 12.5. The van der Waals surface area contributed by atoms with Crippen LogP contribution >= 0.6 is 39.1 Å². The largest absolute Gasteiger partial charge is 0.490 e. The van der Waals surface area contributed by atoms with Crippen LogP contribution in [-0.2, 0) is 16.2 Å². The lowest BCUT2D eigenvalue weighted by Gasteiger charge is -2.15. The summed E-state index contributed by atoms with van der Waals surface area (Å²) >= 11 is 16.0. The second-order valence-electron chi connectivity index (χ2n) is 7.72. The van der Waals surface area contributed by atoms with Crippen LogP contribution in [0.15, 0.2) is 58.1 Å². The van der Waals surface area contributed by atoms with Crippen LogP contribution in [0.2, 0.25) is 10.0 Å². The van der Waals surface area contributed by atoms with Gasteiger partial charge < -0.3 is 14.8 Å². The number of benzene rings is 3. The number of rotatable bonds is 8. The van der Waals surface area contributed by atoms with Gasteiger partial charge >= 0.3 is 11.8 Å². The van der Waals surface area contributed by atoms with Crippen LogP contribution in [0.3, 0.4) is 0 Å². The third kappa shape index (κ3) is 7.22. The molecule has 0 aromatic heterocycles. The van der Waals surface area contributed by atoms with Gasteiger partial charge in [-0.15, -0.1) is 0 Å². The van der Waals surface area contributed by atoms with Crippen molar-refractivity contribution in [1.29, 1.82) is 0 Å². The Morgan fingerprint density at radius 1 is 1.03 bits per heavy atom. The Hall–Kier alpha value is -3.07. The van der Waals surface area contributed by atoms with Crippen molar-refractivity contribution in [3.8, 4) is 11.5 Å². The molecular formula is C26H24BrCl2N3O4. The number of carbonyl (C=O) groups is 2. The Labute approximate surface area is 227 Å². The minimum Gasteiger partial charge on any atom is -0.490 e. The number of amides is 2. The minimum absolute atomic E-state index is 0.135. The normalized spacial score (nSPS) is 10.8. The average molecular weight is 593 g/mol. The highest BCUT2D eigenvalue weighted by Gasteiger charge is 2.16. The lowest BCUT2D eigenvalue weighted by atomic mass is 10.1. The number of hydrogen-bond acceptors (Lipinski definition) is 5. The van der Waals surface area contributed by atoms with Gasteiger partial charge in [0.15, 0.2) is 11.5 Å². The van der Waals surface area contributed by atoms with E-state index in [1.165, 1.54) is 6.21 Å². The molecular weight excluding hydrogens is 569 g/mol. The SMILES string of the molecule is CCOc1cc(C=NNC(=O)C(=O)Nc2cc(C)ccc2C)cc(Br)c1OCc1c(Cl)cccc1Cl. The van der Waals surface area contributed by atoms with Crippen LogP contribution in [0, 0.1) is 13.8 Å². The second kappa shape index (κ2) is 12.8. The summed E-state index contributed by atoms with van der Waals surface area (Å²) in [5.74, 6) is -0.802. The van der Waals surface area contributed by atoms with E-state index in [1.807, 2.05) is 32.9 Å². The molecule has 2 amide bonds. The number of anilines is 1. The maximum absolute atomic E-state index is 12.2. The molecule has 0 aliphatic heterocycles. The van der Waals surface area contributed by atoms with Crippen LogP contribution in [0.1, 0.15) is 29.2 Å². The summed E-state index contributed by atoms with van der Waals surface area (Å²) in [5.41, 5.74) is 5.87. The molecule has 0 unspecified atom stereocenters. The number of halogens is 3. The molecule has 2 N–H and O–H groups in total. The zero-order valence-corrected chi connectivity index (χ0v) is 22.9. The lowest BCUT2D eigenvalue weighted by molar-refractivity contribution is -0.136. The van der Waals surface area contributed by atoms with Crippen molar-refractivity contribution in [2.24, 2.45) is 5.10 Å². The fraction of sp³-hybridized carbons (Fsp3) is 0.192. The van der Waals surface area contributed by atoms with Crippen molar-refractivity contribution < 1.29 is 19.1 Å². The van der Waals surface area contributed by atoms with Crippen molar-refractivity contribution >= 4 is 62.8 Å². The summed E-state index contributed by atoms with van der Waals surface area (Å²) in [7, 11) is 0. The maximum Gasteiger partial charge on any atom is 0.329 e. The number of carbonyl (C=O) groups excluding carboxylic acids is 2. The van der Waals surface area contributed by atoms with Gasteiger partial charge in [0.25, 0.3) is 0 Å². The topological polar surface area (TPSA) is 89.0 Å². The molecule has 36 heavy (non-hydrogen) atoms. The van der Waals surface area contributed by atoms with Gasteiger partial charge in [-0.05, 0) is 83.7 Å². The highest BCUT2D eigenvalue weighted by atomic mass is 79.9. The lowest BCUT2D eigenvalue weighted by Crippen LogP contribution is -2.32. The van der Waals surface area contributed by atoms with Crippen molar-refractivity contribution in [2.45, 2.75) is 27.4 Å². The van der Waals surface area contributed by atoms with Crippen LogP contribution in [-0.4, -0.2) is 24.6 Å². The van der Waals surface area contributed by atoms with E-state index in [0.717, 1.165) is 11.1 Å². The number of ether oxygens (including phenoxy) is 2. The van der Waals surface area contributed by atoms with Gasteiger partial charge in [0, 0.05) is 21.3 Å². The molecule has 0 spiro atoms. The summed E-state index contributed by atoms with van der Waals surface area (Å²) in [4.78, 5) is 24.4. The summed E-state index contributed by atoms with van der Waals surface area (Å²) in [6, 6.07) is 14.2. The second-order valence-corrected chi connectivity index (χ2v) is 9.39. The number of nitrogens with one attached hydrogen (secondary N) is 2. The standard InChI is InChI=1S/C26H24BrCl2N3O4/c1-4-35-23-12-17(11-19(27)24(23)36-14-18-20(28)6-5-7-21(18)29)13-30-32-26(34)25(33)31-22-10-15(2)8-9-16(22)3/h5-13H,4,14H2,1-3H3,(H,31,33)(H,32,34). The van der Waals surface area contributed by atoms with Crippen molar-refractivity contribution in [1.82, 2.24) is 5.43 Å². The summed E-state index contributed by atoms with van der Waals surface area (Å²) in [5, 5.41) is 7.48. The molecule has 0 saturated carbocycles. The first kappa shape index (κ1) is 27.5. The van der Waals surface area contributed by atoms with E-state index >= 15 is 0 Å². The highest BCUT2D eigenvalue weighted by molar-refractivity contribution is 9.10. The number of hydrazone groups is 1. The summed E-state index contributed by atoms with van der Waals surface area (Å²) < 4.78 is 12.3. The van der Waals surface area contributed by atoms with Gasteiger partial charge in [-0.25, -0.2) is 5.43 Å². The maximum atomic E-state index is 12.2. The quantitative estimate of drug-likeness (QED) is 0.179. The predicted molar refractivity (Wildman–Crippen MR) is 146 cm³/mol. The fourth-order valence-corrected chi connectivity index (χ4v) is 4.23. The molecule has 188 valence electrons. The molecule has 0 saturated heterocycles. The Kier molecular flexibility index (Phi) is 9.75. The monoisotopic (exact) mass is 591 g/mol. The average Bonchev–Trinajstić information content (AvgIpc) is 2.82. The molecule has 3 aromatic rings. The summed E-state index contributed by atoms with van der Waals surface area (Å²) in [6.45, 7) is 6.12. The molecule has 7 nitrogen and oxygen atoms in total. The van der Waals surface area contributed by atoms with Gasteiger partial charge in [-0.1, -0.05) is 41.4 Å². The van der Waals surface area contributed by atoms with E-state index < -0.39 is 11.8 Å². The van der Waals surface area contributed by atoms with E-state index in [0.29, 0.717) is 49.4 Å². The van der Waals surface area contributed by atoms with E-state index in [1.54, 1.807) is 36.4 Å². The van der Waals surface area contributed by atoms with Crippen LogP contribution in [0.25, 0.3) is 0 Å². The molecule has 3 aromatic carbocycles. The fourth-order valence-electron chi connectivity index (χ4n) is 3.15. The molecule has 0 radical (unpaired) electrons. The third-order valence-electron chi connectivity index (χ3n) is 4.98. The van der Waals surface area contributed by atoms with Gasteiger partial charge in [0.05, 0.1) is 17.3 Å². The van der Waals surface area contributed by atoms with E-state index in [9.17, 15) is 9.59 Å². The smallest absolute Gasteiger partial charge is 0.329 e. The minimum atomic E-state index is -0.896. The van der Waals surface area contributed by atoms with E-state index in [4.69, 9.17) is 32.7 Å². The van der Waals surface area contributed by atoms with Gasteiger partial charge in [0.2, 0.25) is 0 Å². The van der Waals surface area contributed by atoms with Crippen molar-refractivity contribution in [3.63, 3.8) is 0 Å². The van der Waals surface area contributed by atoms with Crippen LogP contribution < -0.4 is 20.2 Å². The highest BCUT2D eigenvalue weighted by Crippen LogP contribution is 2.38. The van der Waals surface area contributed by atoms with Crippen LogP contribution in [0.4, 0.5) is 5.69 Å². The Morgan fingerprint density at radius 2 is 1.75 bits per heavy atom. The van der Waals surface area contributed by atoms with Gasteiger partial charge in [-0.2, -0.15) is 5.10 Å². The first-order chi connectivity index (χ1) is 17.2. The predicted octanol–water partition coefficient (Wildman–Crippen LogP) is 6.44. The van der Waals surface area contributed by atoms with Gasteiger partial charge in [-0.3, -0.25) is 9.59 Å². The molecule has 10 heteroatoms. The number of nitrogens with zero attached hydrogens (tertiary/aromatic N) is 1. The molecule has 3 rings (SSSR count). The van der Waals surface area contributed by atoms with Crippen molar-refractivity contribution in [2.75, 3.05) is 11.9 Å². The Balaban J connectivity index is 1.69.